The fourth-order valence-corrected chi connectivity index (χ4v) is 2.36. The second kappa shape index (κ2) is 4.59. The lowest BCUT2D eigenvalue weighted by Crippen LogP contribution is -2.18. The highest BCUT2D eigenvalue weighted by molar-refractivity contribution is 7.08. The maximum absolute atomic E-state index is 5.75. The lowest BCUT2D eigenvalue weighted by molar-refractivity contribution is 0.500. The van der Waals surface area contributed by atoms with Crippen LogP contribution in [0.5, 0.6) is 0 Å². The van der Waals surface area contributed by atoms with E-state index in [4.69, 9.17) is 5.73 Å². The molecule has 2 heterocycles. The summed E-state index contributed by atoms with van der Waals surface area (Å²) in [5.41, 5.74) is 8.14. The van der Waals surface area contributed by atoms with Crippen LogP contribution >= 0.6 is 11.3 Å². The fourth-order valence-electron chi connectivity index (χ4n) is 1.71. The number of thiophene rings is 1. The molecule has 0 aliphatic carbocycles. The molecule has 0 bridgehead atoms. The standard InChI is InChI=1S/C11H15N3S/c1-2-10(5-12)14-8-13-6-11(14)9-3-4-15-7-9/h3-4,6-8,10H,2,5,12H2,1H3. The Morgan fingerprint density at radius 2 is 2.47 bits per heavy atom. The van der Waals surface area contributed by atoms with E-state index in [9.17, 15) is 0 Å². The summed E-state index contributed by atoms with van der Waals surface area (Å²) >= 11 is 1.70. The monoisotopic (exact) mass is 221 g/mol. The van der Waals surface area contributed by atoms with Gasteiger partial charge in [-0.05, 0) is 17.9 Å². The molecule has 0 aliphatic heterocycles. The van der Waals surface area contributed by atoms with Gasteiger partial charge in [-0.1, -0.05) is 6.92 Å². The minimum absolute atomic E-state index is 0.349. The highest BCUT2D eigenvalue weighted by Gasteiger charge is 2.12. The zero-order valence-electron chi connectivity index (χ0n) is 8.76. The number of imidazole rings is 1. The molecule has 0 saturated heterocycles. The average molecular weight is 221 g/mol. The first-order valence-corrected chi connectivity index (χ1v) is 6.05. The molecule has 0 radical (unpaired) electrons. The highest BCUT2D eigenvalue weighted by Crippen LogP contribution is 2.25. The van der Waals surface area contributed by atoms with E-state index in [0.29, 0.717) is 12.6 Å². The summed E-state index contributed by atoms with van der Waals surface area (Å²) in [6.07, 6.45) is 4.80. The maximum Gasteiger partial charge on any atom is 0.0954 e. The Hall–Kier alpha value is -1.13. The van der Waals surface area contributed by atoms with Crippen molar-refractivity contribution in [1.82, 2.24) is 9.55 Å². The van der Waals surface area contributed by atoms with Crippen LogP contribution in [-0.4, -0.2) is 16.1 Å². The maximum atomic E-state index is 5.75. The van der Waals surface area contributed by atoms with Crippen molar-refractivity contribution >= 4 is 11.3 Å². The second-order valence-electron chi connectivity index (χ2n) is 3.50. The van der Waals surface area contributed by atoms with Crippen molar-refractivity contribution in [2.24, 2.45) is 5.73 Å². The fraction of sp³-hybridized carbons (Fsp3) is 0.364. The van der Waals surface area contributed by atoms with Gasteiger partial charge in [-0.3, -0.25) is 0 Å². The van der Waals surface area contributed by atoms with E-state index in [0.717, 1.165) is 12.1 Å². The molecule has 4 heteroatoms. The van der Waals surface area contributed by atoms with Gasteiger partial charge in [-0.25, -0.2) is 4.98 Å². The van der Waals surface area contributed by atoms with Crippen molar-refractivity contribution < 1.29 is 0 Å². The molecule has 0 aromatic carbocycles. The smallest absolute Gasteiger partial charge is 0.0954 e. The van der Waals surface area contributed by atoms with Crippen molar-refractivity contribution in [2.45, 2.75) is 19.4 Å². The zero-order chi connectivity index (χ0) is 10.7. The van der Waals surface area contributed by atoms with Crippen molar-refractivity contribution in [3.05, 3.63) is 29.4 Å². The van der Waals surface area contributed by atoms with Crippen molar-refractivity contribution in [3.63, 3.8) is 0 Å². The molecule has 2 rings (SSSR count). The lowest BCUT2D eigenvalue weighted by atomic mass is 10.2. The highest BCUT2D eigenvalue weighted by atomic mass is 32.1. The predicted molar refractivity (Wildman–Crippen MR) is 63.9 cm³/mol. The quantitative estimate of drug-likeness (QED) is 0.862. The van der Waals surface area contributed by atoms with E-state index < -0.39 is 0 Å². The molecule has 0 saturated carbocycles. The van der Waals surface area contributed by atoms with Gasteiger partial charge in [0.1, 0.15) is 0 Å². The summed E-state index contributed by atoms with van der Waals surface area (Å²) in [5, 5.41) is 4.22. The summed E-state index contributed by atoms with van der Waals surface area (Å²) in [4.78, 5) is 4.21. The number of hydrogen-bond donors (Lipinski definition) is 1. The topological polar surface area (TPSA) is 43.8 Å². The SMILES string of the molecule is CCC(CN)n1cncc1-c1ccsc1. The van der Waals surface area contributed by atoms with Gasteiger partial charge >= 0.3 is 0 Å². The van der Waals surface area contributed by atoms with E-state index in [1.807, 2.05) is 12.5 Å². The minimum Gasteiger partial charge on any atom is -0.328 e. The summed E-state index contributed by atoms with van der Waals surface area (Å²) in [6, 6.07) is 2.46. The van der Waals surface area contributed by atoms with Crippen molar-refractivity contribution in [3.8, 4) is 11.3 Å². The summed E-state index contributed by atoms with van der Waals surface area (Å²) < 4.78 is 2.17. The van der Waals surface area contributed by atoms with Crippen LogP contribution in [0.3, 0.4) is 0 Å². The summed E-state index contributed by atoms with van der Waals surface area (Å²) in [5.74, 6) is 0. The molecule has 0 spiro atoms. The minimum atomic E-state index is 0.349. The average Bonchev–Trinajstić information content (AvgIpc) is 2.88. The van der Waals surface area contributed by atoms with E-state index in [1.54, 1.807) is 11.3 Å². The Balaban J connectivity index is 2.37. The van der Waals surface area contributed by atoms with Crippen LogP contribution in [0.4, 0.5) is 0 Å². The van der Waals surface area contributed by atoms with Crippen LogP contribution in [0.2, 0.25) is 0 Å². The molecule has 1 atom stereocenters. The van der Waals surface area contributed by atoms with Crippen LogP contribution in [-0.2, 0) is 0 Å². The van der Waals surface area contributed by atoms with Gasteiger partial charge in [0.15, 0.2) is 0 Å². The van der Waals surface area contributed by atoms with Gasteiger partial charge in [-0.15, -0.1) is 0 Å². The van der Waals surface area contributed by atoms with E-state index in [-0.39, 0.29) is 0 Å². The third kappa shape index (κ3) is 1.96. The van der Waals surface area contributed by atoms with Gasteiger partial charge in [-0.2, -0.15) is 11.3 Å². The van der Waals surface area contributed by atoms with E-state index in [1.165, 1.54) is 5.56 Å². The van der Waals surface area contributed by atoms with Gasteiger partial charge in [0.25, 0.3) is 0 Å². The van der Waals surface area contributed by atoms with Crippen molar-refractivity contribution in [1.29, 1.82) is 0 Å². The molecular weight excluding hydrogens is 206 g/mol. The number of nitrogens with two attached hydrogens (primary N) is 1. The molecule has 2 N–H and O–H groups in total. The van der Waals surface area contributed by atoms with Crippen molar-refractivity contribution in [2.75, 3.05) is 6.54 Å². The lowest BCUT2D eigenvalue weighted by Gasteiger charge is -2.16. The molecule has 3 nitrogen and oxygen atoms in total. The molecule has 0 fully saturated rings. The molecule has 1 unspecified atom stereocenters. The first-order chi connectivity index (χ1) is 7.36. The third-order valence-corrected chi connectivity index (χ3v) is 3.30. The Kier molecular flexibility index (Phi) is 3.18. The largest absolute Gasteiger partial charge is 0.328 e. The number of hydrogen-bond acceptors (Lipinski definition) is 3. The summed E-state index contributed by atoms with van der Waals surface area (Å²) in [7, 11) is 0. The zero-order valence-corrected chi connectivity index (χ0v) is 9.57. The van der Waals surface area contributed by atoms with Crippen LogP contribution in [0, 0.1) is 0 Å². The van der Waals surface area contributed by atoms with Gasteiger partial charge in [0.2, 0.25) is 0 Å². The Morgan fingerprint density at radius 3 is 3.07 bits per heavy atom. The molecular formula is C11H15N3S. The number of aromatic nitrogens is 2. The predicted octanol–water partition coefficient (Wildman–Crippen LogP) is 2.52. The molecule has 2 aromatic rings. The Morgan fingerprint density at radius 1 is 1.60 bits per heavy atom. The van der Waals surface area contributed by atoms with Crippen LogP contribution < -0.4 is 5.73 Å². The van der Waals surface area contributed by atoms with E-state index in [2.05, 4.69) is 33.3 Å². The van der Waals surface area contributed by atoms with Gasteiger partial charge in [0.05, 0.1) is 18.2 Å². The van der Waals surface area contributed by atoms with Gasteiger partial charge in [0, 0.05) is 23.5 Å². The van der Waals surface area contributed by atoms with Crippen LogP contribution in [0.1, 0.15) is 19.4 Å². The molecule has 2 aromatic heterocycles. The van der Waals surface area contributed by atoms with Crippen LogP contribution in [0.15, 0.2) is 29.4 Å². The number of nitrogens with zero attached hydrogens (tertiary/aromatic N) is 2. The molecule has 80 valence electrons. The normalized spacial score (nSPS) is 12.9. The Labute approximate surface area is 93.6 Å². The first-order valence-electron chi connectivity index (χ1n) is 5.11. The van der Waals surface area contributed by atoms with Gasteiger partial charge < -0.3 is 10.3 Å². The molecule has 0 amide bonds. The van der Waals surface area contributed by atoms with E-state index >= 15 is 0 Å². The Bertz CT molecular complexity index is 401. The molecule has 0 aliphatic rings. The second-order valence-corrected chi connectivity index (χ2v) is 4.28. The first kappa shape index (κ1) is 10.4. The third-order valence-electron chi connectivity index (χ3n) is 2.62. The number of rotatable bonds is 4. The summed E-state index contributed by atoms with van der Waals surface area (Å²) in [6.45, 7) is 2.80. The molecule has 15 heavy (non-hydrogen) atoms. The van der Waals surface area contributed by atoms with Crippen LogP contribution in [0.25, 0.3) is 11.3 Å².